The average Bonchev–Trinajstić information content (AvgIpc) is 2.29. The minimum atomic E-state index is -0.468. The first-order chi connectivity index (χ1) is 7.24. The van der Waals surface area contributed by atoms with Gasteiger partial charge in [0, 0.05) is 5.75 Å². The molecule has 0 saturated heterocycles. The van der Waals surface area contributed by atoms with Gasteiger partial charge in [-0.15, -0.1) is 11.8 Å². The SMILES string of the molecule is COC(=O)c1ccc(F)c2c1SCCO2. The lowest BCUT2D eigenvalue weighted by Gasteiger charge is -2.19. The van der Waals surface area contributed by atoms with Crippen molar-refractivity contribution in [2.75, 3.05) is 19.5 Å². The molecule has 5 heteroatoms. The lowest BCUT2D eigenvalue weighted by atomic mass is 10.2. The summed E-state index contributed by atoms with van der Waals surface area (Å²) in [5.41, 5.74) is 0.360. The Hall–Kier alpha value is -1.23. The zero-order valence-corrected chi connectivity index (χ0v) is 8.90. The zero-order valence-electron chi connectivity index (χ0n) is 8.08. The number of ether oxygens (including phenoxy) is 2. The van der Waals surface area contributed by atoms with Crippen molar-refractivity contribution in [2.24, 2.45) is 0 Å². The molecule has 0 saturated carbocycles. The fraction of sp³-hybridized carbons (Fsp3) is 0.300. The molecule has 0 spiro atoms. The van der Waals surface area contributed by atoms with Gasteiger partial charge in [0.25, 0.3) is 0 Å². The highest BCUT2D eigenvalue weighted by Gasteiger charge is 2.23. The molecule has 0 aromatic heterocycles. The number of carbonyl (C=O) groups excluding carboxylic acids is 1. The standard InChI is InChI=1S/C10H9FO3S/c1-13-10(12)6-2-3-7(11)8-9(6)15-5-4-14-8/h2-3H,4-5H2,1H3. The molecule has 1 heterocycles. The first-order valence-corrected chi connectivity index (χ1v) is 5.39. The molecule has 0 bridgehead atoms. The molecular weight excluding hydrogens is 219 g/mol. The molecule has 80 valence electrons. The van der Waals surface area contributed by atoms with Crippen LogP contribution >= 0.6 is 11.8 Å². The van der Waals surface area contributed by atoms with Crippen molar-refractivity contribution in [2.45, 2.75) is 4.90 Å². The highest BCUT2D eigenvalue weighted by atomic mass is 32.2. The molecule has 0 radical (unpaired) electrons. The second kappa shape index (κ2) is 4.10. The Morgan fingerprint density at radius 3 is 3.13 bits per heavy atom. The van der Waals surface area contributed by atoms with E-state index < -0.39 is 11.8 Å². The van der Waals surface area contributed by atoms with Gasteiger partial charge in [0.2, 0.25) is 0 Å². The van der Waals surface area contributed by atoms with Crippen molar-refractivity contribution in [3.8, 4) is 5.75 Å². The molecule has 3 nitrogen and oxygen atoms in total. The van der Waals surface area contributed by atoms with Crippen LogP contribution in [-0.4, -0.2) is 25.4 Å². The smallest absolute Gasteiger partial charge is 0.339 e. The third-order valence-corrected chi connectivity index (χ3v) is 3.11. The maximum Gasteiger partial charge on any atom is 0.339 e. The lowest BCUT2D eigenvalue weighted by Crippen LogP contribution is -2.12. The van der Waals surface area contributed by atoms with Gasteiger partial charge in [0.05, 0.1) is 24.2 Å². The maximum absolute atomic E-state index is 13.3. The Kier molecular flexibility index (Phi) is 2.81. The van der Waals surface area contributed by atoms with Crippen LogP contribution in [0, 0.1) is 5.82 Å². The molecule has 1 aliphatic rings. The van der Waals surface area contributed by atoms with E-state index in [1.54, 1.807) is 0 Å². The van der Waals surface area contributed by atoms with E-state index in [1.165, 1.54) is 31.0 Å². The van der Waals surface area contributed by atoms with E-state index in [1.807, 2.05) is 0 Å². The van der Waals surface area contributed by atoms with E-state index in [0.717, 1.165) is 0 Å². The number of hydrogen-bond acceptors (Lipinski definition) is 4. The lowest BCUT2D eigenvalue weighted by molar-refractivity contribution is 0.0595. The molecule has 15 heavy (non-hydrogen) atoms. The Bertz CT molecular complexity index is 406. The predicted molar refractivity (Wildman–Crippen MR) is 54.0 cm³/mol. The summed E-state index contributed by atoms with van der Waals surface area (Å²) in [6, 6.07) is 2.64. The minimum absolute atomic E-state index is 0.161. The Morgan fingerprint density at radius 2 is 2.40 bits per heavy atom. The second-order valence-electron chi connectivity index (χ2n) is 2.94. The van der Waals surface area contributed by atoms with Gasteiger partial charge >= 0.3 is 5.97 Å². The Morgan fingerprint density at radius 1 is 1.60 bits per heavy atom. The molecule has 0 amide bonds. The third-order valence-electron chi connectivity index (χ3n) is 2.05. The Balaban J connectivity index is 2.52. The molecule has 0 fully saturated rings. The van der Waals surface area contributed by atoms with Crippen LogP contribution in [0.4, 0.5) is 4.39 Å². The van der Waals surface area contributed by atoms with Crippen molar-refractivity contribution in [1.82, 2.24) is 0 Å². The van der Waals surface area contributed by atoms with Crippen molar-refractivity contribution >= 4 is 17.7 Å². The monoisotopic (exact) mass is 228 g/mol. The normalized spacial score (nSPS) is 14.0. The zero-order chi connectivity index (χ0) is 10.8. The molecule has 0 aliphatic carbocycles. The maximum atomic E-state index is 13.3. The van der Waals surface area contributed by atoms with Gasteiger partial charge in [0.15, 0.2) is 11.6 Å². The van der Waals surface area contributed by atoms with Gasteiger partial charge in [-0.2, -0.15) is 0 Å². The summed E-state index contributed by atoms with van der Waals surface area (Å²) in [6.07, 6.45) is 0. The van der Waals surface area contributed by atoms with E-state index >= 15 is 0 Å². The van der Waals surface area contributed by atoms with E-state index in [0.29, 0.717) is 22.8 Å². The number of benzene rings is 1. The highest BCUT2D eigenvalue weighted by Crippen LogP contribution is 2.38. The molecule has 1 aromatic rings. The summed E-state index contributed by atoms with van der Waals surface area (Å²) in [7, 11) is 1.30. The number of fused-ring (bicyclic) bond motifs is 1. The molecule has 1 aliphatic heterocycles. The van der Waals surface area contributed by atoms with Gasteiger partial charge < -0.3 is 9.47 Å². The van der Waals surface area contributed by atoms with Crippen LogP contribution in [0.5, 0.6) is 5.75 Å². The highest BCUT2D eigenvalue weighted by molar-refractivity contribution is 7.99. The number of thioether (sulfide) groups is 1. The topological polar surface area (TPSA) is 35.5 Å². The fourth-order valence-corrected chi connectivity index (χ4v) is 2.34. The van der Waals surface area contributed by atoms with Crippen LogP contribution in [-0.2, 0) is 4.74 Å². The van der Waals surface area contributed by atoms with Gasteiger partial charge in [-0.3, -0.25) is 0 Å². The summed E-state index contributed by atoms with van der Waals surface area (Å²) < 4.78 is 23.1. The molecule has 2 rings (SSSR count). The van der Waals surface area contributed by atoms with Crippen molar-refractivity contribution in [1.29, 1.82) is 0 Å². The number of methoxy groups -OCH3 is 1. The van der Waals surface area contributed by atoms with Crippen LogP contribution in [0.3, 0.4) is 0 Å². The summed E-state index contributed by atoms with van der Waals surface area (Å²) in [4.78, 5) is 11.9. The van der Waals surface area contributed by atoms with Crippen molar-refractivity contribution in [3.63, 3.8) is 0 Å². The molecular formula is C10H9FO3S. The number of halogens is 1. The number of carbonyl (C=O) groups is 1. The summed E-state index contributed by atoms with van der Waals surface area (Å²) in [6.45, 7) is 0.458. The summed E-state index contributed by atoms with van der Waals surface area (Å²) in [5, 5.41) is 0. The van der Waals surface area contributed by atoms with Crippen LogP contribution in [0.2, 0.25) is 0 Å². The number of esters is 1. The molecule has 0 unspecified atom stereocenters. The molecule has 1 aromatic carbocycles. The van der Waals surface area contributed by atoms with Crippen LogP contribution < -0.4 is 4.74 Å². The first-order valence-electron chi connectivity index (χ1n) is 4.40. The van der Waals surface area contributed by atoms with Crippen molar-refractivity contribution < 1.29 is 18.7 Å². The number of hydrogen-bond donors (Lipinski definition) is 0. The average molecular weight is 228 g/mol. The van der Waals surface area contributed by atoms with Gasteiger partial charge in [-0.05, 0) is 12.1 Å². The summed E-state index contributed by atoms with van der Waals surface area (Å²) >= 11 is 1.41. The van der Waals surface area contributed by atoms with Crippen LogP contribution in [0.15, 0.2) is 17.0 Å². The minimum Gasteiger partial charge on any atom is -0.488 e. The second-order valence-corrected chi connectivity index (χ2v) is 4.05. The first kappa shape index (κ1) is 10.3. The van der Waals surface area contributed by atoms with Gasteiger partial charge in [0.1, 0.15) is 0 Å². The third kappa shape index (κ3) is 1.79. The van der Waals surface area contributed by atoms with E-state index in [9.17, 15) is 9.18 Å². The molecule has 0 atom stereocenters. The van der Waals surface area contributed by atoms with E-state index in [-0.39, 0.29) is 5.75 Å². The quantitative estimate of drug-likeness (QED) is 0.689. The van der Waals surface area contributed by atoms with Gasteiger partial charge in [-0.1, -0.05) is 0 Å². The van der Waals surface area contributed by atoms with E-state index in [2.05, 4.69) is 4.74 Å². The van der Waals surface area contributed by atoms with Crippen LogP contribution in [0.1, 0.15) is 10.4 Å². The van der Waals surface area contributed by atoms with Crippen molar-refractivity contribution in [3.05, 3.63) is 23.5 Å². The predicted octanol–water partition coefficient (Wildman–Crippen LogP) is 2.10. The van der Waals surface area contributed by atoms with E-state index in [4.69, 9.17) is 4.74 Å². The van der Waals surface area contributed by atoms with Crippen LogP contribution in [0.25, 0.3) is 0 Å². The van der Waals surface area contributed by atoms with Gasteiger partial charge in [-0.25, -0.2) is 9.18 Å². The number of rotatable bonds is 1. The summed E-state index contributed by atoms with van der Waals surface area (Å²) in [5.74, 6) is -0.0382. The Labute approximate surface area is 90.6 Å². The largest absolute Gasteiger partial charge is 0.488 e. The molecule has 0 N–H and O–H groups in total. The fourth-order valence-electron chi connectivity index (χ4n) is 1.37.